The first-order valence-corrected chi connectivity index (χ1v) is 11.2. The standard InChI is InChI=1S/C21H24N4O2S2/c1-3-24-20(27)16(29-21(24)28)12-15-18(22-14-9-7-13(2)8-10-14)23-17-6-4-5-11-25(17)19(15)26/h4-6,11-14,22H,3,7-10H2,1-2H3/b16-12+. The van der Waals surface area contributed by atoms with E-state index in [-0.39, 0.29) is 17.5 Å². The number of hydrogen-bond acceptors (Lipinski definition) is 6. The molecule has 29 heavy (non-hydrogen) atoms. The highest BCUT2D eigenvalue weighted by atomic mass is 32.2. The van der Waals surface area contributed by atoms with Crippen molar-refractivity contribution in [2.75, 3.05) is 11.9 Å². The molecule has 0 aromatic carbocycles. The number of rotatable bonds is 4. The second-order valence-electron chi connectivity index (χ2n) is 7.64. The van der Waals surface area contributed by atoms with Crippen LogP contribution in [0, 0.1) is 5.92 Å². The molecule has 2 fully saturated rings. The number of anilines is 1. The summed E-state index contributed by atoms with van der Waals surface area (Å²) in [6.07, 6.45) is 7.77. The van der Waals surface area contributed by atoms with Gasteiger partial charge in [0.25, 0.3) is 11.5 Å². The molecule has 0 atom stereocenters. The third kappa shape index (κ3) is 3.96. The van der Waals surface area contributed by atoms with Crippen LogP contribution in [0.15, 0.2) is 34.1 Å². The van der Waals surface area contributed by atoms with Crippen LogP contribution < -0.4 is 10.9 Å². The molecule has 2 aromatic rings. The molecule has 1 saturated heterocycles. The zero-order valence-corrected chi connectivity index (χ0v) is 18.2. The smallest absolute Gasteiger partial charge is 0.267 e. The van der Waals surface area contributed by atoms with Crippen molar-refractivity contribution in [1.82, 2.24) is 14.3 Å². The quantitative estimate of drug-likeness (QED) is 0.588. The third-order valence-corrected chi connectivity index (χ3v) is 6.97. The van der Waals surface area contributed by atoms with Gasteiger partial charge >= 0.3 is 0 Å². The Bertz CT molecular complexity index is 1050. The zero-order chi connectivity index (χ0) is 20.5. The molecular weight excluding hydrogens is 404 g/mol. The number of hydrogen-bond donors (Lipinski definition) is 1. The highest BCUT2D eigenvalue weighted by Gasteiger charge is 2.31. The molecule has 2 aromatic heterocycles. The fraction of sp³-hybridized carbons (Fsp3) is 0.429. The van der Waals surface area contributed by atoms with Crippen molar-refractivity contribution < 1.29 is 4.79 Å². The van der Waals surface area contributed by atoms with E-state index >= 15 is 0 Å². The number of fused-ring (bicyclic) bond motifs is 1. The van der Waals surface area contributed by atoms with Gasteiger partial charge in [-0.1, -0.05) is 37.0 Å². The van der Waals surface area contributed by atoms with Crippen molar-refractivity contribution in [2.24, 2.45) is 5.92 Å². The van der Waals surface area contributed by atoms with Crippen molar-refractivity contribution in [1.29, 1.82) is 0 Å². The van der Waals surface area contributed by atoms with E-state index in [4.69, 9.17) is 17.2 Å². The molecular formula is C21H24N4O2S2. The number of pyridine rings is 1. The number of thiocarbonyl (C=S) groups is 1. The van der Waals surface area contributed by atoms with E-state index in [1.165, 1.54) is 16.2 Å². The minimum absolute atomic E-state index is 0.155. The Balaban J connectivity index is 1.78. The Morgan fingerprint density at radius 3 is 2.72 bits per heavy atom. The number of thioether (sulfide) groups is 1. The van der Waals surface area contributed by atoms with Gasteiger partial charge in [-0.15, -0.1) is 0 Å². The lowest BCUT2D eigenvalue weighted by atomic mass is 9.87. The summed E-state index contributed by atoms with van der Waals surface area (Å²) in [5.41, 5.74) is 0.801. The molecule has 1 aliphatic carbocycles. The summed E-state index contributed by atoms with van der Waals surface area (Å²) >= 11 is 6.54. The number of aromatic nitrogens is 2. The van der Waals surface area contributed by atoms with Crippen molar-refractivity contribution in [3.63, 3.8) is 0 Å². The lowest BCUT2D eigenvalue weighted by Crippen LogP contribution is -2.29. The number of carbonyl (C=O) groups excluding carboxylic acids is 1. The van der Waals surface area contributed by atoms with Crippen LogP contribution in [0.3, 0.4) is 0 Å². The first kappa shape index (κ1) is 20.1. The van der Waals surface area contributed by atoms with Crippen LogP contribution >= 0.6 is 24.0 Å². The summed E-state index contributed by atoms with van der Waals surface area (Å²) < 4.78 is 2.04. The van der Waals surface area contributed by atoms with Crippen LogP contribution in [-0.2, 0) is 4.79 Å². The van der Waals surface area contributed by atoms with Gasteiger partial charge in [0.05, 0.1) is 10.5 Å². The van der Waals surface area contributed by atoms with Crippen molar-refractivity contribution in [2.45, 2.75) is 45.6 Å². The molecule has 4 rings (SSSR count). The van der Waals surface area contributed by atoms with Gasteiger partial charge in [0.1, 0.15) is 15.8 Å². The predicted molar refractivity (Wildman–Crippen MR) is 122 cm³/mol. The fourth-order valence-corrected chi connectivity index (χ4v) is 5.21. The van der Waals surface area contributed by atoms with Crippen LogP contribution in [0.4, 0.5) is 5.82 Å². The van der Waals surface area contributed by atoms with Gasteiger partial charge in [-0.05, 0) is 56.7 Å². The maximum atomic E-state index is 13.2. The molecule has 1 saturated carbocycles. The van der Waals surface area contributed by atoms with Gasteiger partial charge in [-0.3, -0.25) is 18.9 Å². The van der Waals surface area contributed by atoms with Crippen LogP contribution in [0.2, 0.25) is 0 Å². The first-order chi connectivity index (χ1) is 14.0. The fourth-order valence-electron chi connectivity index (χ4n) is 3.84. The van der Waals surface area contributed by atoms with Gasteiger partial charge in [0.2, 0.25) is 0 Å². The second kappa shape index (κ2) is 8.28. The largest absolute Gasteiger partial charge is 0.367 e. The molecule has 6 nitrogen and oxygen atoms in total. The Morgan fingerprint density at radius 1 is 1.28 bits per heavy atom. The van der Waals surface area contributed by atoms with E-state index in [0.29, 0.717) is 32.8 Å². The van der Waals surface area contributed by atoms with Crippen LogP contribution in [0.5, 0.6) is 0 Å². The Kier molecular flexibility index (Phi) is 5.74. The highest BCUT2D eigenvalue weighted by molar-refractivity contribution is 8.26. The molecule has 0 radical (unpaired) electrons. The van der Waals surface area contributed by atoms with Crippen molar-refractivity contribution in [3.05, 3.63) is 45.2 Å². The third-order valence-electron chi connectivity index (χ3n) is 5.59. The summed E-state index contributed by atoms with van der Waals surface area (Å²) in [6, 6.07) is 5.75. The Hall–Kier alpha value is -2.19. The summed E-state index contributed by atoms with van der Waals surface area (Å²) in [7, 11) is 0. The number of carbonyl (C=O) groups is 1. The average Bonchev–Trinajstić information content (AvgIpc) is 2.99. The van der Waals surface area contributed by atoms with E-state index in [1.807, 2.05) is 19.1 Å². The second-order valence-corrected chi connectivity index (χ2v) is 9.31. The predicted octanol–water partition coefficient (Wildman–Crippen LogP) is 3.91. The van der Waals surface area contributed by atoms with Crippen LogP contribution in [0.25, 0.3) is 11.7 Å². The van der Waals surface area contributed by atoms with Crippen LogP contribution in [-0.4, -0.2) is 37.1 Å². The zero-order valence-electron chi connectivity index (χ0n) is 16.6. The highest BCUT2D eigenvalue weighted by Crippen LogP contribution is 2.33. The minimum Gasteiger partial charge on any atom is -0.367 e. The molecule has 0 bridgehead atoms. The molecule has 0 spiro atoms. The van der Waals surface area contributed by atoms with E-state index in [9.17, 15) is 9.59 Å². The lowest BCUT2D eigenvalue weighted by Gasteiger charge is -2.27. The van der Waals surface area contributed by atoms with E-state index in [0.717, 1.165) is 31.6 Å². The summed E-state index contributed by atoms with van der Waals surface area (Å²) in [5.74, 6) is 1.12. The van der Waals surface area contributed by atoms with Gasteiger partial charge < -0.3 is 5.32 Å². The summed E-state index contributed by atoms with van der Waals surface area (Å²) in [4.78, 5) is 32.6. The lowest BCUT2D eigenvalue weighted by molar-refractivity contribution is -0.121. The molecule has 1 aliphatic heterocycles. The maximum absolute atomic E-state index is 13.2. The minimum atomic E-state index is -0.191. The van der Waals surface area contributed by atoms with Gasteiger partial charge in [-0.25, -0.2) is 4.98 Å². The molecule has 1 N–H and O–H groups in total. The molecule has 0 unspecified atom stereocenters. The van der Waals surface area contributed by atoms with Gasteiger partial charge in [-0.2, -0.15) is 0 Å². The monoisotopic (exact) mass is 428 g/mol. The number of amides is 1. The Labute approximate surface area is 179 Å². The molecule has 3 heterocycles. The van der Waals surface area contributed by atoms with Gasteiger partial charge in [0, 0.05) is 18.8 Å². The topological polar surface area (TPSA) is 66.7 Å². The number of likely N-dealkylation sites (N-methyl/N-ethyl adjacent to an activating group) is 1. The molecule has 1 amide bonds. The molecule has 152 valence electrons. The van der Waals surface area contributed by atoms with E-state index in [2.05, 4.69) is 12.2 Å². The van der Waals surface area contributed by atoms with E-state index < -0.39 is 0 Å². The SMILES string of the molecule is CCN1C(=O)/C(=C\c2c(NC3CCC(C)CC3)nc3ccccn3c2=O)SC1=S. The van der Waals surface area contributed by atoms with Crippen molar-refractivity contribution in [3.8, 4) is 0 Å². The Morgan fingerprint density at radius 2 is 2.03 bits per heavy atom. The normalized spacial score (nSPS) is 23.9. The molecule has 2 aliphatic rings. The average molecular weight is 429 g/mol. The van der Waals surface area contributed by atoms with E-state index in [1.54, 1.807) is 23.2 Å². The molecule has 8 heteroatoms. The summed E-state index contributed by atoms with van der Waals surface area (Å²) in [6.45, 7) is 4.68. The number of nitrogens with zero attached hydrogens (tertiary/aromatic N) is 3. The van der Waals surface area contributed by atoms with Crippen molar-refractivity contribution >= 4 is 51.7 Å². The first-order valence-electron chi connectivity index (χ1n) is 10.0. The summed E-state index contributed by atoms with van der Waals surface area (Å²) in [5, 5.41) is 3.49. The maximum Gasteiger partial charge on any atom is 0.267 e. The van der Waals surface area contributed by atoms with Gasteiger partial charge in [0.15, 0.2) is 0 Å². The number of nitrogens with one attached hydrogen (secondary N) is 1. The van der Waals surface area contributed by atoms with Crippen LogP contribution in [0.1, 0.15) is 45.1 Å².